The molecule has 0 bridgehead atoms. The molecule has 0 aliphatic heterocycles. The molecule has 0 rings (SSSR count). The summed E-state index contributed by atoms with van der Waals surface area (Å²) in [6.07, 6.45) is 26.8. The number of nitrogens with two attached hydrogens (primary N) is 1. The number of carboxylic acid groups (broad SMARTS) is 1. The molecule has 0 amide bonds. The zero-order chi connectivity index (χ0) is 26.8. The van der Waals surface area contributed by atoms with E-state index in [1.165, 1.54) is 109 Å². The summed E-state index contributed by atoms with van der Waals surface area (Å²) in [5, 5.41) is 21.2. The molecule has 0 radical (unpaired) electrons. The third-order valence-corrected chi connectivity index (χ3v) is 7.04. The van der Waals surface area contributed by atoms with E-state index in [1.807, 2.05) is 20.8 Å². The Balaban J connectivity index is -0.000000764. The smallest absolute Gasteiger partial charge is 0.303 e. The van der Waals surface area contributed by atoms with Gasteiger partial charge in [-0.3, -0.25) is 10.1 Å². The Kier molecular flexibility index (Phi) is 32.6. The maximum Gasteiger partial charge on any atom is 0.303 e. The summed E-state index contributed by atoms with van der Waals surface area (Å²) in [5.74, 6) is -0.484. The normalized spacial score (nSPS) is 13.4. The van der Waals surface area contributed by atoms with E-state index in [-0.39, 0.29) is 24.5 Å². The van der Waals surface area contributed by atoms with Gasteiger partial charge in [0.15, 0.2) is 0 Å². The highest BCUT2D eigenvalue weighted by atomic mass is 35.5. The quantitative estimate of drug-likeness (QED) is 0.0728. The number of halogens is 1. The van der Waals surface area contributed by atoms with E-state index < -0.39 is 11.7 Å². The van der Waals surface area contributed by atoms with Crippen molar-refractivity contribution in [2.24, 2.45) is 11.7 Å². The molecule has 2 unspecified atom stereocenters. The molecule has 0 aliphatic rings. The fourth-order valence-corrected chi connectivity index (χ4v) is 4.00. The summed E-state index contributed by atoms with van der Waals surface area (Å²) in [4.78, 5) is 10.4. The van der Waals surface area contributed by atoms with Crippen molar-refractivity contribution < 1.29 is 15.0 Å². The van der Waals surface area contributed by atoms with E-state index in [0.29, 0.717) is 6.42 Å². The van der Waals surface area contributed by atoms with Crippen molar-refractivity contribution in [2.75, 3.05) is 0 Å². The zero-order valence-electron chi connectivity index (χ0n) is 24.8. The fourth-order valence-electron chi connectivity index (χ4n) is 4.00. The molecule has 0 saturated carbocycles. The molecular formula is C30H65ClN2O3. The van der Waals surface area contributed by atoms with Crippen LogP contribution in [0.15, 0.2) is 0 Å². The van der Waals surface area contributed by atoms with Gasteiger partial charge < -0.3 is 15.9 Å². The van der Waals surface area contributed by atoms with E-state index in [1.54, 1.807) is 6.92 Å². The lowest BCUT2D eigenvalue weighted by Gasteiger charge is -2.31. The first kappa shape index (κ1) is 40.1. The van der Waals surface area contributed by atoms with Gasteiger partial charge in [0.2, 0.25) is 0 Å². The van der Waals surface area contributed by atoms with Crippen molar-refractivity contribution in [3.05, 3.63) is 0 Å². The van der Waals surface area contributed by atoms with E-state index in [2.05, 4.69) is 12.2 Å². The minimum absolute atomic E-state index is 0. The second kappa shape index (κ2) is 29.2. The average Bonchev–Trinajstić information content (AvgIpc) is 2.80. The number of hydrogen-bond acceptors (Lipinski definition) is 4. The van der Waals surface area contributed by atoms with Crippen molar-refractivity contribution >= 4 is 18.4 Å². The number of carboxylic acids is 1. The van der Waals surface area contributed by atoms with Crippen LogP contribution in [0.25, 0.3) is 0 Å². The molecule has 0 aromatic carbocycles. The zero-order valence-corrected chi connectivity index (χ0v) is 25.6. The largest absolute Gasteiger partial charge is 0.481 e. The summed E-state index contributed by atoms with van der Waals surface area (Å²) in [6, 6.07) is 0. The van der Waals surface area contributed by atoms with Gasteiger partial charge in [-0.2, -0.15) is 0 Å². The minimum atomic E-state index is -0.852. The number of nitrogens with one attached hydrogen (secondary N) is 1. The first-order valence-electron chi connectivity index (χ1n) is 15.1. The molecule has 0 heterocycles. The molecule has 0 aromatic rings. The second-order valence-corrected chi connectivity index (χ2v) is 11.0. The van der Waals surface area contributed by atoms with Crippen molar-refractivity contribution in [3.8, 4) is 0 Å². The molecule has 2 atom stereocenters. The van der Waals surface area contributed by atoms with Crippen LogP contribution < -0.4 is 11.1 Å². The maximum atomic E-state index is 10.4. The molecule has 0 spiro atoms. The molecule has 5 N–H and O–H groups in total. The number of aliphatic carboxylic acids is 1. The molecule has 0 aliphatic carbocycles. The Bertz CT molecular complexity index is 448. The predicted octanol–water partition coefficient (Wildman–Crippen LogP) is 8.95. The standard InChI is InChI=1S/C22H44O2.C8H20N2O.ClH/c1-2-3-4-5-6-7-8-9-10-11-12-13-14-15-16-17-18-19-20-21-22(23)24;1-5-7(9)10-8(4,11)6(2)3;/h2-21H2,1H3,(H,23,24);6-7,10-11H,5,9H2,1-4H3;1H. The third-order valence-electron chi connectivity index (χ3n) is 7.04. The van der Waals surface area contributed by atoms with Gasteiger partial charge in [0.05, 0.1) is 6.17 Å². The van der Waals surface area contributed by atoms with Crippen LogP contribution in [-0.4, -0.2) is 28.1 Å². The lowest BCUT2D eigenvalue weighted by molar-refractivity contribution is -0.137. The molecular weight excluding hydrogens is 472 g/mol. The van der Waals surface area contributed by atoms with Gasteiger partial charge in [0, 0.05) is 6.42 Å². The Labute approximate surface area is 231 Å². The van der Waals surface area contributed by atoms with Gasteiger partial charge in [0.25, 0.3) is 0 Å². The Morgan fingerprint density at radius 1 is 0.722 bits per heavy atom. The van der Waals surface area contributed by atoms with Crippen LogP contribution >= 0.6 is 12.4 Å². The molecule has 0 saturated heterocycles. The van der Waals surface area contributed by atoms with Crippen molar-refractivity contribution in [3.63, 3.8) is 0 Å². The fraction of sp³-hybridized carbons (Fsp3) is 0.967. The number of unbranched alkanes of at least 4 members (excludes halogenated alkanes) is 18. The topological polar surface area (TPSA) is 95.6 Å². The number of hydrogen-bond donors (Lipinski definition) is 4. The van der Waals surface area contributed by atoms with Gasteiger partial charge in [-0.05, 0) is 25.7 Å². The van der Waals surface area contributed by atoms with Crippen molar-refractivity contribution in [1.29, 1.82) is 0 Å². The van der Waals surface area contributed by atoms with E-state index in [0.717, 1.165) is 19.3 Å². The van der Waals surface area contributed by atoms with Crippen LogP contribution in [-0.2, 0) is 4.79 Å². The van der Waals surface area contributed by atoms with Gasteiger partial charge in [0.1, 0.15) is 5.72 Å². The summed E-state index contributed by atoms with van der Waals surface area (Å²) < 4.78 is 0. The minimum Gasteiger partial charge on any atom is -0.481 e. The van der Waals surface area contributed by atoms with Crippen LogP contribution in [0.1, 0.15) is 169 Å². The van der Waals surface area contributed by atoms with Crippen molar-refractivity contribution in [1.82, 2.24) is 5.32 Å². The highest BCUT2D eigenvalue weighted by Crippen LogP contribution is 2.15. The van der Waals surface area contributed by atoms with Crippen LogP contribution in [0.2, 0.25) is 0 Å². The summed E-state index contributed by atoms with van der Waals surface area (Å²) in [6.45, 7) is 9.91. The highest BCUT2D eigenvalue weighted by molar-refractivity contribution is 5.85. The summed E-state index contributed by atoms with van der Waals surface area (Å²) in [7, 11) is 0. The van der Waals surface area contributed by atoms with Gasteiger partial charge in [-0.25, -0.2) is 0 Å². The lowest BCUT2D eigenvalue weighted by atomic mass is 10.0. The Morgan fingerprint density at radius 2 is 1.03 bits per heavy atom. The third kappa shape index (κ3) is 31.7. The average molecular weight is 537 g/mol. The second-order valence-electron chi connectivity index (χ2n) is 11.0. The Hall–Kier alpha value is -0.360. The van der Waals surface area contributed by atoms with Crippen LogP contribution in [0, 0.1) is 5.92 Å². The first-order chi connectivity index (χ1) is 16.7. The molecule has 5 nitrogen and oxygen atoms in total. The predicted molar refractivity (Wildman–Crippen MR) is 160 cm³/mol. The van der Waals surface area contributed by atoms with Gasteiger partial charge in [-0.1, -0.05) is 143 Å². The van der Waals surface area contributed by atoms with E-state index in [4.69, 9.17) is 10.8 Å². The van der Waals surface area contributed by atoms with Crippen molar-refractivity contribution in [2.45, 2.75) is 181 Å². The highest BCUT2D eigenvalue weighted by Gasteiger charge is 2.25. The van der Waals surface area contributed by atoms with E-state index in [9.17, 15) is 9.90 Å². The monoisotopic (exact) mass is 536 g/mol. The molecule has 220 valence electrons. The summed E-state index contributed by atoms with van der Waals surface area (Å²) in [5.41, 5.74) is 4.77. The molecule has 0 aromatic heterocycles. The summed E-state index contributed by atoms with van der Waals surface area (Å²) >= 11 is 0. The van der Waals surface area contributed by atoms with Crippen LogP contribution in [0.5, 0.6) is 0 Å². The SMILES string of the molecule is CCC(N)NC(C)(O)C(C)C.CCCCCCCCCCCCCCCCCCCCCC(=O)O.Cl. The number of aliphatic hydroxyl groups is 1. The van der Waals surface area contributed by atoms with E-state index >= 15 is 0 Å². The lowest BCUT2D eigenvalue weighted by Crippen LogP contribution is -2.54. The number of carbonyl (C=O) groups is 1. The maximum absolute atomic E-state index is 10.4. The van der Waals surface area contributed by atoms with Crippen LogP contribution in [0.3, 0.4) is 0 Å². The molecule has 0 fully saturated rings. The number of rotatable bonds is 24. The molecule has 6 heteroatoms. The molecule has 36 heavy (non-hydrogen) atoms. The van der Waals surface area contributed by atoms with Crippen LogP contribution in [0.4, 0.5) is 0 Å². The van der Waals surface area contributed by atoms with Gasteiger partial charge in [-0.15, -0.1) is 12.4 Å². The first-order valence-corrected chi connectivity index (χ1v) is 15.1. The van der Waals surface area contributed by atoms with Gasteiger partial charge >= 0.3 is 5.97 Å². The Morgan fingerprint density at radius 3 is 1.28 bits per heavy atom.